The highest BCUT2D eigenvalue weighted by Gasteiger charge is 2.31. The van der Waals surface area contributed by atoms with E-state index in [9.17, 15) is 4.79 Å². The lowest BCUT2D eigenvalue weighted by molar-refractivity contribution is -0.128. The lowest BCUT2D eigenvalue weighted by Gasteiger charge is -2.23. The van der Waals surface area contributed by atoms with Crippen molar-refractivity contribution in [3.63, 3.8) is 0 Å². The van der Waals surface area contributed by atoms with E-state index >= 15 is 0 Å². The van der Waals surface area contributed by atoms with Crippen molar-refractivity contribution in [1.29, 1.82) is 0 Å². The van der Waals surface area contributed by atoms with Crippen LogP contribution in [0.3, 0.4) is 0 Å². The summed E-state index contributed by atoms with van der Waals surface area (Å²) in [6.45, 7) is 1.40. The zero-order valence-electron chi connectivity index (χ0n) is 9.13. The van der Waals surface area contributed by atoms with Gasteiger partial charge in [-0.15, -0.1) is 11.8 Å². The van der Waals surface area contributed by atoms with Gasteiger partial charge in [0.15, 0.2) is 0 Å². The van der Waals surface area contributed by atoms with Crippen LogP contribution < -0.4 is 5.73 Å². The minimum atomic E-state index is 0.181. The second-order valence-electron chi connectivity index (χ2n) is 3.80. The molecule has 1 aliphatic heterocycles. The van der Waals surface area contributed by atoms with Crippen LogP contribution in [-0.4, -0.2) is 29.6 Å². The van der Waals surface area contributed by atoms with E-state index in [0.29, 0.717) is 12.3 Å². The first kappa shape index (κ1) is 11.5. The van der Waals surface area contributed by atoms with Gasteiger partial charge in [-0.25, -0.2) is 0 Å². The number of rotatable bonds is 4. The summed E-state index contributed by atoms with van der Waals surface area (Å²) >= 11 is 1.70. The Morgan fingerprint density at radius 1 is 1.38 bits per heavy atom. The molecule has 0 saturated carbocycles. The molecule has 1 unspecified atom stereocenters. The molecule has 0 bridgehead atoms. The fourth-order valence-electron chi connectivity index (χ4n) is 1.85. The molecule has 4 heteroatoms. The Labute approximate surface area is 100.0 Å². The van der Waals surface area contributed by atoms with E-state index in [2.05, 4.69) is 12.1 Å². The number of carbonyl (C=O) groups excluding carboxylic acids is 1. The molecular formula is C12H16N2OS. The number of carbonyl (C=O) groups is 1. The summed E-state index contributed by atoms with van der Waals surface area (Å²) in [6, 6.07) is 10.2. The van der Waals surface area contributed by atoms with Gasteiger partial charge in [0.05, 0.1) is 5.75 Å². The third kappa shape index (κ3) is 2.39. The molecule has 1 amide bonds. The molecule has 3 nitrogen and oxygen atoms in total. The maximum Gasteiger partial charge on any atom is 0.233 e. The van der Waals surface area contributed by atoms with Gasteiger partial charge in [-0.05, 0) is 18.5 Å². The predicted molar refractivity (Wildman–Crippen MR) is 67.0 cm³/mol. The lowest BCUT2D eigenvalue weighted by atomic mass is 10.2. The van der Waals surface area contributed by atoms with Crippen LogP contribution in [0, 0.1) is 0 Å². The summed E-state index contributed by atoms with van der Waals surface area (Å²) in [5, 5.41) is 0.181. The van der Waals surface area contributed by atoms with E-state index in [1.807, 2.05) is 23.1 Å². The molecule has 1 aliphatic rings. The fourth-order valence-corrected chi connectivity index (χ4v) is 3.07. The maximum absolute atomic E-state index is 11.7. The van der Waals surface area contributed by atoms with Gasteiger partial charge >= 0.3 is 0 Å². The van der Waals surface area contributed by atoms with Crippen molar-refractivity contribution in [2.75, 3.05) is 18.8 Å². The van der Waals surface area contributed by atoms with Crippen molar-refractivity contribution in [2.24, 2.45) is 5.73 Å². The fraction of sp³-hybridized carbons (Fsp3) is 0.417. The van der Waals surface area contributed by atoms with Crippen LogP contribution >= 0.6 is 11.8 Å². The minimum Gasteiger partial charge on any atom is -0.330 e. The first-order valence-corrected chi connectivity index (χ1v) is 6.54. The number of nitrogens with two attached hydrogens (primary N) is 1. The van der Waals surface area contributed by atoms with E-state index in [1.165, 1.54) is 5.56 Å². The average Bonchev–Trinajstić information content (AvgIpc) is 2.69. The van der Waals surface area contributed by atoms with Crippen LogP contribution in [0.25, 0.3) is 0 Å². The van der Waals surface area contributed by atoms with Crippen molar-refractivity contribution in [1.82, 2.24) is 4.90 Å². The first-order valence-electron chi connectivity index (χ1n) is 5.49. The van der Waals surface area contributed by atoms with E-state index in [4.69, 9.17) is 5.73 Å². The van der Waals surface area contributed by atoms with Crippen molar-refractivity contribution in [2.45, 2.75) is 11.8 Å². The summed E-state index contributed by atoms with van der Waals surface area (Å²) in [6.07, 6.45) is 0.871. The highest BCUT2D eigenvalue weighted by atomic mass is 32.2. The van der Waals surface area contributed by atoms with Crippen molar-refractivity contribution in [3.05, 3.63) is 35.9 Å². The number of nitrogens with zero attached hydrogens (tertiary/aromatic N) is 1. The van der Waals surface area contributed by atoms with Gasteiger partial charge in [0.2, 0.25) is 5.91 Å². The number of hydrogen-bond donors (Lipinski definition) is 1. The second kappa shape index (κ2) is 5.37. The molecule has 0 aromatic heterocycles. The van der Waals surface area contributed by atoms with E-state index in [1.54, 1.807) is 11.8 Å². The molecule has 1 aromatic carbocycles. The quantitative estimate of drug-likeness (QED) is 0.864. The number of amides is 1. The molecule has 2 N–H and O–H groups in total. The van der Waals surface area contributed by atoms with Crippen LogP contribution in [0.2, 0.25) is 0 Å². The summed E-state index contributed by atoms with van der Waals surface area (Å²) < 4.78 is 0. The van der Waals surface area contributed by atoms with Crippen molar-refractivity contribution in [3.8, 4) is 0 Å². The average molecular weight is 236 g/mol. The van der Waals surface area contributed by atoms with Crippen LogP contribution in [0.1, 0.15) is 17.4 Å². The molecular weight excluding hydrogens is 220 g/mol. The summed E-state index contributed by atoms with van der Waals surface area (Å²) in [4.78, 5) is 13.7. The van der Waals surface area contributed by atoms with Gasteiger partial charge in [-0.2, -0.15) is 0 Å². The Hall–Kier alpha value is -1.00. The van der Waals surface area contributed by atoms with Crippen LogP contribution in [-0.2, 0) is 4.79 Å². The molecule has 0 aliphatic carbocycles. The zero-order valence-corrected chi connectivity index (χ0v) is 9.95. The topological polar surface area (TPSA) is 46.3 Å². The monoisotopic (exact) mass is 236 g/mol. The standard InChI is InChI=1S/C12H16N2OS/c13-7-4-8-14-11(15)9-16-12(14)10-5-2-1-3-6-10/h1-3,5-6,12H,4,7-9,13H2. The summed E-state index contributed by atoms with van der Waals surface area (Å²) in [5.41, 5.74) is 6.70. The Balaban J connectivity index is 2.11. The maximum atomic E-state index is 11.7. The number of thioether (sulfide) groups is 1. The Bertz CT molecular complexity index is 355. The molecule has 2 rings (SSSR count). The minimum absolute atomic E-state index is 0.181. The van der Waals surface area contributed by atoms with Gasteiger partial charge in [0.1, 0.15) is 5.37 Å². The largest absolute Gasteiger partial charge is 0.330 e. The van der Waals surface area contributed by atoms with Crippen LogP contribution in [0.4, 0.5) is 0 Å². The normalized spacial score (nSPS) is 20.4. The Kier molecular flexibility index (Phi) is 3.85. The third-order valence-electron chi connectivity index (χ3n) is 2.66. The zero-order chi connectivity index (χ0) is 11.4. The van der Waals surface area contributed by atoms with Gasteiger partial charge in [0.25, 0.3) is 0 Å². The highest BCUT2D eigenvalue weighted by Crippen LogP contribution is 2.38. The highest BCUT2D eigenvalue weighted by molar-refractivity contribution is 8.00. The molecule has 0 spiro atoms. The predicted octanol–water partition coefficient (Wildman–Crippen LogP) is 1.61. The number of hydrogen-bond acceptors (Lipinski definition) is 3. The van der Waals surface area contributed by atoms with Crippen molar-refractivity contribution >= 4 is 17.7 Å². The van der Waals surface area contributed by atoms with Gasteiger partial charge in [-0.3, -0.25) is 4.79 Å². The smallest absolute Gasteiger partial charge is 0.233 e. The molecule has 1 aromatic rings. The van der Waals surface area contributed by atoms with Gasteiger partial charge in [-0.1, -0.05) is 30.3 Å². The SMILES string of the molecule is NCCCN1C(=O)CSC1c1ccccc1. The third-order valence-corrected chi connectivity index (χ3v) is 3.91. The van der Waals surface area contributed by atoms with E-state index in [-0.39, 0.29) is 11.3 Å². The van der Waals surface area contributed by atoms with Crippen LogP contribution in [0.5, 0.6) is 0 Å². The summed E-state index contributed by atoms with van der Waals surface area (Å²) in [7, 11) is 0. The molecule has 86 valence electrons. The second-order valence-corrected chi connectivity index (χ2v) is 4.87. The molecule has 1 atom stereocenters. The molecule has 1 fully saturated rings. The van der Waals surface area contributed by atoms with E-state index < -0.39 is 0 Å². The first-order chi connectivity index (χ1) is 7.83. The lowest BCUT2D eigenvalue weighted by Crippen LogP contribution is -2.30. The van der Waals surface area contributed by atoms with Crippen LogP contribution in [0.15, 0.2) is 30.3 Å². The Morgan fingerprint density at radius 3 is 2.81 bits per heavy atom. The molecule has 0 radical (unpaired) electrons. The Morgan fingerprint density at radius 2 is 2.12 bits per heavy atom. The van der Waals surface area contributed by atoms with Crippen molar-refractivity contribution < 1.29 is 4.79 Å². The number of benzene rings is 1. The molecule has 1 saturated heterocycles. The molecule has 16 heavy (non-hydrogen) atoms. The summed E-state index contributed by atoms with van der Waals surface area (Å²) in [5.74, 6) is 0.816. The van der Waals surface area contributed by atoms with Gasteiger partial charge < -0.3 is 10.6 Å². The van der Waals surface area contributed by atoms with Gasteiger partial charge in [0, 0.05) is 6.54 Å². The van der Waals surface area contributed by atoms with E-state index in [0.717, 1.165) is 13.0 Å². The molecule has 1 heterocycles.